The lowest BCUT2D eigenvalue weighted by Gasteiger charge is -2.12. The Bertz CT molecular complexity index is 806. The van der Waals surface area contributed by atoms with E-state index in [9.17, 15) is 0 Å². The summed E-state index contributed by atoms with van der Waals surface area (Å²) in [6.07, 6.45) is 7.29. The second kappa shape index (κ2) is 7.00. The predicted molar refractivity (Wildman–Crippen MR) is 99.9 cm³/mol. The van der Waals surface area contributed by atoms with Crippen molar-refractivity contribution in [2.45, 2.75) is 38.5 Å². The molecule has 0 bridgehead atoms. The van der Waals surface area contributed by atoms with Gasteiger partial charge in [0.15, 0.2) is 0 Å². The van der Waals surface area contributed by atoms with Gasteiger partial charge < -0.3 is 0 Å². The molecule has 1 heteroatoms. The van der Waals surface area contributed by atoms with Gasteiger partial charge in [-0.25, -0.2) is 4.42 Å². The molecule has 0 N–H and O–H groups in total. The van der Waals surface area contributed by atoms with Gasteiger partial charge in [0, 0.05) is 5.56 Å². The molecule has 0 atom stereocenters. The highest BCUT2D eigenvalue weighted by Crippen LogP contribution is 2.35. The van der Waals surface area contributed by atoms with Crippen molar-refractivity contribution in [3.8, 4) is 22.5 Å². The van der Waals surface area contributed by atoms with Gasteiger partial charge in [0.1, 0.15) is 0 Å². The van der Waals surface area contributed by atoms with Gasteiger partial charge in [0.2, 0.25) is 0 Å². The Morgan fingerprint density at radius 3 is 1.96 bits per heavy atom. The second-order valence-corrected chi connectivity index (χ2v) is 6.57. The molecule has 0 saturated heterocycles. The molecule has 1 heterocycles. The predicted octanol–water partition coefficient (Wildman–Crippen LogP) is 6.55. The molecule has 0 radical (unpaired) electrons. The summed E-state index contributed by atoms with van der Waals surface area (Å²) in [4.78, 5) is 0. The maximum Gasteiger partial charge on any atom is 0.360 e. The zero-order valence-corrected chi connectivity index (χ0v) is 14.0. The van der Waals surface area contributed by atoms with E-state index in [1.54, 1.807) is 0 Å². The molecule has 0 fully saturated rings. The summed E-state index contributed by atoms with van der Waals surface area (Å²) in [6.45, 7) is 0. The number of hydrogen-bond donors (Lipinski definition) is 0. The molecule has 0 saturated carbocycles. The van der Waals surface area contributed by atoms with Crippen molar-refractivity contribution >= 4 is 0 Å². The molecule has 120 valence electrons. The van der Waals surface area contributed by atoms with Crippen LogP contribution < -0.4 is 0 Å². The van der Waals surface area contributed by atoms with Crippen molar-refractivity contribution in [3.05, 3.63) is 78.1 Å². The number of aryl methyl sites for hydroxylation is 1. The summed E-state index contributed by atoms with van der Waals surface area (Å²) < 4.78 is 6.38. The number of rotatable bonds is 2. The van der Waals surface area contributed by atoms with Gasteiger partial charge in [-0.3, -0.25) is 0 Å². The van der Waals surface area contributed by atoms with Gasteiger partial charge in [-0.1, -0.05) is 61.4 Å². The zero-order valence-electron chi connectivity index (χ0n) is 14.0. The van der Waals surface area contributed by atoms with Crippen LogP contribution in [0.4, 0.5) is 0 Å². The van der Waals surface area contributed by atoms with Gasteiger partial charge in [-0.05, 0) is 37.0 Å². The van der Waals surface area contributed by atoms with Crippen molar-refractivity contribution in [2.75, 3.05) is 0 Å². The Balaban J connectivity index is 1.90. The maximum absolute atomic E-state index is 6.38. The highest BCUT2D eigenvalue weighted by molar-refractivity contribution is 5.73. The zero-order chi connectivity index (χ0) is 16.2. The van der Waals surface area contributed by atoms with E-state index in [0.717, 1.165) is 24.2 Å². The van der Waals surface area contributed by atoms with E-state index >= 15 is 0 Å². The molecule has 1 aliphatic carbocycles. The molecule has 24 heavy (non-hydrogen) atoms. The van der Waals surface area contributed by atoms with E-state index < -0.39 is 0 Å². The molecule has 4 rings (SSSR count). The fourth-order valence-corrected chi connectivity index (χ4v) is 3.63. The molecule has 0 spiro atoms. The Labute approximate surface area is 144 Å². The van der Waals surface area contributed by atoms with Gasteiger partial charge >= 0.3 is 11.5 Å². The van der Waals surface area contributed by atoms with Crippen molar-refractivity contribution in [3.63, 3.8) is 0 Å². The molecule has 1 aromatic heterocycles. The number of fused-ring (bicyclic) bond motifs is 1. The molecule has 1 nitrogen and oxygen atoms in total. The molecule has 1 aliphatic rings. The largest absolute Gasteiger partial charge is 0.360 e. The van der Waals surface area contributed by atoms with Crippen LogP contribution in [0.1, 0.15) is 37.0 Å². The lowest BCUT2D eigenvalue weighted by molar-refractivity contribution is 0.468. The highest BCUT2D eigenvalue weighted by Gasteiger charge is 2.26. The lowest BCUT2D eigenvalue weighted by atomic mass is 9.90. The molecule has 0 amide bonds. The SMILES string of the molecule is c1ccc(-c2cc(-c3ccccc3)c3c([o+]2)CCCCCC3)cc1. The minimum atomic E-state index is 0.980. The van der Waals surface area contributed by atoms with Gasteiger partial charge in [-0.2, -0.15) is 0 Å². The minimum absolute atomic E-state index is 0.980. The summed E-state index contributed by atoms with van der Waals surface area (Å²) in [5.74, 6) is 2.17. The molecule has 2 aromatic carbocycles. The first kappa shape index (κ1) is 15.1. The van der Waals surface area contributed by atoms with E-state index in [1.807, 2.05) is 0 Å². The standard InChI is InChI=1S/C23H23O/c1-2-10-16-22-20(15-9-1)21(18-11-5-3-6-12-18)17-23(24-22)19-13-7-4-8-14-19/h3-8,11-14,17H,1-2,9-10,15-16H2/q+1. The van der Waals surface area contributed by atoms with Crippen LogP contribution in [-0.2, 0) is 12.8 Å². The fourth-order valence-electron chi connectivity index (χ4n) is 3.63. The molecular formula is C23H23O+. The first-order valence-electron chi connectivity index (χ1n) is 9.01. The average molecular weight is 315 g/mol. The van der Waals surface area contributed by atoms with Crippen LogP contribution >= 0.6 is 0 Å². The Morgan fingerprint density at radius 1 is 0.625 bits per heavy atom. The Morgan fingerprint density at radius 2 is 1.25 bits per heavy atom. The van der Waals surface area contributed by atoms with Crippen LogP contribution in [0.5, 0.6) is 0 Å². The fraction of sp³-hybridized carbons (Fsp3) is 0.261. The van der Waals surface area contributed by atoms with Crippen LogP contribution in [0.15, 0.2) is 71.1 Å². The van der Waals surface area contributed by atoms with Crippen LogP contribution in [0.25, 0.3) is 22.5 Å². The molecular weight excluding hydrogens is 292 g/mol. The van der Waals surface area contributed by atoms with Crippen LogP contribution in [0, 0.1) is 0 Å². The van der Waals surface area contributed by atoms with Crippen molar-refractivity contribution in [2.24, 2.45) is 0 Å². The lowest BCUT2D eigenvalue weighted by Crippen LogP contribution is -2.03. The molecule has 0 aliphatic heterocycles. The summed E-state index contributed by atoms with van der Waals surface area (Å²) in [6, 6.07) is 23.4. The summed E-state index contributed by atoms with van der Waals surface area (Å²) >= 11 is 0. The smallest absolute Gasteiger partial charge is 0.212 e. The number of hydrogen-bond acceptors (Lipinski definition) is 0. The van der Waals surface area contributed by atoms with E-state index in [0.29, 0.717) is 0 Å². The van der Waals surface area contributed by atoms with Crippen molar-refractivity contribution < 1.29 is 4.42 Å². The van der Waals surface area contributed by atoms with Gasteiger partial charge in [0.05, 0.1) is 23.6 Å². The second-order valence-electron chi connectivity index (χ2n) is 6.57. The molecule has 0 unspecified atom stereocenters. The monoisotopic (exact) mass is 315 g/mol. The third-order valence-corrected chi connectivity index (χ3v) is 4.89. The van der Waals surface area contributed by atoms with E-state index in [-0.39, 0.29) is 0 Å². The topological polar surface area (TPSA) is 11.3 Å². The molecule has 3 aromatic rings. The third-order valence-electron chi connectivity index (χ3n) is 4.89. The van der Waals surface area contributed by atoms with Crippen LogP contribution in [0.2, 0.25) is 0 Å². The van der Waals surface area contributed by atoms with Crippen LogP contribution in [-0.4, -0.2) is 0 Å². The minimum Gasteiger partial charge on any atom is -0.212 e. The first-order valence-corrected chi connectivity index (χ1v) is 9.01. The summed E-state index contributed by atoms with van der Waals surface area (Å²) in [5.41, 5.74) is 5.21. The summed E-state index contributed by atoms with van der Waals surface area (Å²) in [5, 5.41) is 0. The third kappa shape index (κ3) is 3.12. The maximum atomic E-state index is 6.38. The van der Waals surface area contributed by atoms with E-state index in [1.165, 1.54) is 48.1 Å². The first-order chi connectivity index (χ1) is 11.9. The quantitative estimate of drug-likeness (QED) is 0.488. The number of benzene rings is 2. The van der Waals surface area contributed by atoms with Crippen molar-refractivity contribution in [1.82, 2.24) is 0 Å². The van der Waals surface area contributed by atoms with Crippen LogP contribution in [0.3, 0.4) is 0 Å². The Hall–Kier alpha value is -2.41. The van der Waals surface area contributed by atoms with Gasteiger partial charge in [-0.15, -0.1) is 0 Å². The normalized spacial score (nSPS) is 14.5. The Kier molecular flexibility index (Phi) is 4.42. The van der Waals surface area contributed by atoms with E-state index in [4.69, 9.17) is 4.42 Å². The average Bonchev–Trinajstić information content (AvgIpc) is 2.63. The highest BCUT2D eigenvalue weighted by atomic mass is 16.3. The van der Waals surface area contributed by atoms with E-state index in [2.05, 4.69) is 66.7 Å². The van der Waals surface area contributed by atoms with Gasteiger partial charge in [0.25, 0.3) is 0 Å². The van der Waals surface area contributed by atoms with Crippen molar-refractivity contribution in [1.29, 1.82) is 0 Å². The summed E-state index contributed by atoms with van der Waals surface area (Å²) in [7, 11) is 0.